The van der Waals surface area contributed by atoms with Gasteiger partial charge >= 0.3 is 0 Å². The number of rotatable bonds is 5. The molecule has 1 heteroatoms. The predicted molar refractivity (Wildman–Crippen MR) is 103 cm³/mol. The summed E-state index contributed by atoms with van der Waals surface area (Å²) in [7, 11) is 2.11. The molecular formula is C22H27N. The van der Waals surface area contributed by atoms with Crippen LogP contribution in [-0.2, 0) is 0 Å². The van der Waals surface area contributed by atoms with Crippen molar-refractivity contribution in [3.63, 3.8) is 0 Å². The Bertz CT molecular complexity index is 684. The quantitative estimate of drug-likeness (QED) is 0.568. The third-order valence-electron chi connectivity index (χ3n) is 4.05. The molecular weight excluding hydrogens is 278 g/mol. The van der Waals surface area contributed by atoms with E-state index < -0.39 is 0 Å². The summed E-state index contributed by atoms with van der Waals surface area (Å²) in [5.74, 6) is 0. The topological polar surface area (TPSA) is 3.24 Å². The number of benzene rings is 2. The van der Waals surface area contributed by atoms with Gasteiger partial charge in [-0.25, -0.2) is 0 Å². The molecule has 0 atom stereocenters. The largest absolute Gasteiger partial charge is 0.345 e. The maximum absolute atomic E-state index is 2.23. The Morgan fingerprint density at radius 1 is 0.870 bits per heavy atom. The van der Waals surface area contributed by atoms with Gasteiger partial charge in [0.1, 0.15) is 0 Å². The number of anilines is 2. The van der Waals surface area contributed by atoms with Crippen molar-refractivity contribution < 1.29 is 0 Å². The molecule has 0 N–H and O–H groups in total. The zero-order chi connectivity index (χ0) is 16.8. The van der Waals surface area contributed by atoms with Gasteiger partial charge in [-0.1, -0.05) is 54.5 Å². The Hall–Kier alpha value is -2.28. The van der Waals surface area contributed by atoms with Gasteiger partial charge in [-0.05, 0) is 62.6 Å². The molecule has 0 aliphatic carbocycles. The van der Waals surface area contributed by atoms with Gasteiger partial charge in [-0.15, -0.1) is 0 Å². The highest BCUT2D eigenvalue weighted by Gasteiger charge is 2.05. The summed E-state index contributed by atoms with van der Waals surface area (Å²) >= 11 is 0. The average molecular weight is 305 g/mol. The van der Waals surface area contributed by atoms with Crippen LogP contribution < -0.4 is 4.90 Å². The maximum Gasteiger partial charge on any atom is 0.0408 e. The highest BCUT2D eigenvalue weighted by molar-refractivity contribution is 5.70. The fourth-order valence-electron chi connectivity index (χ4n) is 2.50. The summed E-state index contributed by atoms with van der Waals surface area (Å²) < 4.78 is 0. The van der Waals surface area contributed by atoms with Gasteiger partial charge < -0.3 is 4.90 Å². The van der Waals surface area contributed by atoms with Gasteiger partial charge in [0.2, 0.25) is 0 Å². The molecule has 0 heterocycles. The second-order valence-corrected chi connectivity index (χ2v) is 6.23. The third-order valence-corrected chi connectivity index (χ3v) is 4.05. The standard InChI is InChI=1S/C22H27N/c1-6-19(10-7-17(2)3)20-11-15-22(16-12-20)23(5)21-13-8-18(4)9-14-21/h7-16H,6H2,1-5H3/b19-10+. The van der Waals surface area contributed by atoms with Crippen LogP contribution in [0.25, 0.3) is 5.57 Å². The molecule has 2 rings (SSSR count). The number of hydrogen-bond acceptors (Lipinski definition) is 1. The van der Waals surface area contributed by atoms with E-state index in [2.05, 4.69) is 100 Å². The van der Waals surface area contributed by atoms with Crippen molar-refractivity contribution in [3.05, 3.63) is 77.4 Å². The molecule has 0 radical (unpaired) electrons. The van der Waals surface area contributed by atoms with Crippen molar-refractivity contribution in [2.75, 3.05) is 11.9 Å². The molecule has 0 saturated heterocycles. The van der Waals surface area contributed by atoms with E-state index in [9.17, 15) is 0 Å². The van der Waals surface area contributed by atoms with Crippen molar-refractivity contribution in [2.24, 2.45) is 0 Å². The second kappa shape index (κ2) is 7.82. The monoisotopic (exact) mass is 305 g/mol. The summed E-state index contributed by atoms with van der Waals surface area (Å²) in [6.45, 7) is 8.58. The van der Waals surface area contributed by atoms with Gasteiger partial charge in [-0.3, -0.25) is 0 Å². The van der Waals surface area contributed by atoms with Gasteiger partial charge in [0.15, 0.2) is 0 Å². The van der Waals surface area contributed by atoms with Gasteiger partial charge in [-0.2, -0.15) is 0 Å². The Kier molecular flexibility index (Phi) is 5.81. The zero-order valence-electron chi connectivity index (χ0n) is 14.9. The Morgan fingerprint density at radius 2 is 1.39 bits per heavy atom. The van der Waals surface area contributed by atoms with Gasteiger partial charge in [0, 0.05) is 18.4 Å². The number of allylic oxidation sites excluding steroid dienone is 4. The first kappa shape index (κ1) is 17.1. The minimum Gasteiger partial charge on any atom is -0.345 e. The summed E-state index contributed by atoms with van der Waals surface area (Å²) in [5, 5.41) is 0. The van der Waals surface area contributed by atoms with E-state index in [1.165, 1.54) is 33.6 Å². The highest BCUT2D eigenvalue weighted by Crippen LogP contribution is 2.26. The molecule has 0 saturated carbocycles. The van der Waals surface area contributed by atoms with Crippen LogP contribution in [0.5, 0.6) is 0 Å². The molecule has 2 aromatic rings. The maximum atomic E-state index is 2.23. The molecule has 0 unspecified atom stereocenters. The number of nitrogens with zero attached hydrogens (tertiary/aromatic N) is 1. The Balaban J connectivity index is 2.23. The van der Waals surface area contributed by atoms with Crippen molar-refractivity contribution in [2.45, 2.75) is 34.1 Å². The number of hydrogen-bond donors (Lipinski definition) is 0. The first-order chi connectivity index (χ1) is 11.0. The number of aryl methyl sites for hydroxylation is 1. The Morgan fingerprint density at radius 3 is 1.87 bits per heavy atom. The highest BCUT2D eigenvalue weighted by atomic mass is 15.1. The van der Waals surface area contributed by atoms with E-state index in [4.69, 9.17) is 0 Å². The fraction of sp³-hybridized carbons (Fsp3) is 0.273. The minimum atomic E-state index is 1.04. The lowest BCUT2D eigenvalue weighted by Crippen LogP contribution is -2.09. The lowest BCUT2D eigenvalue weighted by molar-refractivity contribution is 1.20. The lowest BCUT2D eigenvalue weighted by Gasteiger charge is -2.20. The van der Waals surface area contributed by atoms with Crippen LogP contribution in [0.15, 0.2) is 66.3 Å². The molecule has 2 aromatic carbocycles. The first-order valence-electron chi connectivity index (χ1n) is 8.26. The smallest absolute Gasteiger partial charge is 0.0408 e. The van der Waals surface area contributed by atoms with Crippen molar-refractivity contribution in [1.82, 2.24) is 0 Å². The van der Waals surface area contributed by atoms with Crippen LogP contribution in [0.2, 0.25) is 0 Å². The Labute approximate surface area is 141 Å². The summed E-state index contributed by atoms with van der Waals surface area (Å²) in [4.78, 5) is 2.22. The van der Waals surface area contributed by atoms with E-state index in [0.717, 1.165) is 6.42 Å². The molecule has 0 aromatic heterocycles. The first-order valence-corrected chi connectivity index (χ1v) is 8.26. The van der Waals surface area contributed by atoms with Crippen LogP contribution in [0, 0.1) is 6.92 Å². The SMILES string of the molecule is CC/C(=C\C=C(C)C)c1ccc(N(C)c2ccc(C)cc2)cc1. The molecule has 0 spiro atoms. The van der Waals surface area contributed by atoms with E-state index in [-0.39, 0.29) is 0 Å². The van der Waals surface area contributed by atoms with E-state index in [0.29, 0.717) is 0 Å². The minimum absolute atomic E-state index is 1.04. The normalized spacial score (nSPS) is 11.3. The molecule has 0 bridgehead atoms. The van der Waals surface area contributed by atoms with Crippen LogP contribution in [0.1, 0.15) is 38.3 Å². The fourth-order valence-corrected chi connectivity index (χ4v) is 2.50. The molecule has 0 aliphatic heterocycles. The third kappa shape index (κ3) is 4.59. The molecule has 0 amide bonds. The molecule has 23 heavy (non-hydrogen) atoms. The average Bonchev–Trinajstić information content (AvgIpc) is 2.56. The summed E-state index contributed by atoms with van der Waals surface area (Å²) in [5.41, 5.74) is 7.69. The van der Waals surface area contributed by atoms with E-state index in [1.807, 2.05) is 0 Å². The van der Waals surface area contributed by atoms with Crippen LogP contribution in [0.4, 0.5) is 11.4 Å². The van der Waals surface area contributed by atoms with Crippen LogP contribution in [0.3, 0.4) is 0 Å². The predicted octanol–water partition coefficient (Wildman–Crippen LogP) is 6.52. The summed E-state index contributed by atoms with van der Waals surface area (Å²) in [6, 6.07) is 17.4. The van der Waals surface area contributed by atoms with E-state index >= 15 is 0 Å². The summed E-state index contributed by atoms with van der Waals surface area (Å²) in [6.07, 6.45) is 5.45. The molecule has 120 valence electrons. The molecule has 0 fully saturated rings. The lowest BCUT2D eigenvalue weighted by atomic mass is 10.0. The van der Waals surface area contributed by atoms with E-state index in [1.54, 1.807) is 0 Å². The second-order valence-electron chi connectivity index (χ2n) is 6.23. The zero-order valence-corrected chi connectivity index (χ0v) is 14.9. The van der Waals surface area contributed by atoms with Gasteiger partial charge in [0.25, 0.3) is 0 Å². The molecule has 1 nitrogen and oxygen atoms in total. The van der Waals surface area contributed by atoms with Gasteiger partial charge in [0.05, 0.1) is 0 Å². The van der Waals surface area contributed by atoms with Crippen molar-refractivity contribution in [1.29, 1.82) is 0 Å². The molecule has 0 aliphatic rings. The van der Waals surface area contributed by atoms with Crippen LogP contribution >= 0.6 is 0 Å². The van der Waals surface area contributed by atoms with Crippen LogP contribution in [-0.4, -0.2) is 7.05 Å². The van der Waals surface area contributed by atoms with Crippen molar-refractivity contribution >= 4 is 16.9 Å². The van der Waals surface area contributed by atoms with Crippen molar-refractivity contribution in [3.8, 4) is 0 Å².